The Bertz CT molecular complexity index is 786. The van der Waals surface area contributed by atoms with Crippen LogP contribution in [0.15, 0.2) is 41.0 Å². The molecule has 1 aromatic heterocycles. The van der Waals surface area contributed by atoms with Gasteiger partial charge in [-0.3, -0.25) is 9.89 Å². The number of rotatable bonds is 5. The summed E-state index contributed by atoms with van der Waals surface area (Å²) in [7, 11) is 3.74. The lowest BCUT2D eigenvalue weighted by molar-refractivity contribution is 0.247. The van der Waals surface area contributed by atoms with Crippen LogP contribution in [0.25, 0.3) is 16.3 Å². The van der Waals surface area contributed by atoms with E-state index in [9.17, 15) is 0 Å². The number of aromatic nitrogens is 1. The second kappa shape index (κ2) is 8.26. The van der Waals surface area contributed by atoms with E-state index in [1.54, 1.807) is 0 Å². The molecule has 0 radical (unpaired) electrons. The van der Waals surface area contributed by atoms with Gasteiger partial charge in [-0.2, -0.15) is 0 Å². The van der Waals surface area contributed by atoms with Crippen molar-refractivity contribution in [3.8, 4) is 0 Å². The third kappa shape index (κ3) is 4.26. The average Bonchev–Trinajstić information content (AvgIpc) is 2.66. The first-order valence-electron chi connectivity index (χ1n) is 9.13. The molecule has 1 fully saturated rings. The number of anilines is 1. The number of piperidine rings is 1. The summed E-state index contributed by atoms with van der Waals surface area (Å²) in [6.07, 6.45) is 7.93. The van der Waals surface area contributed by atoms with Crippen molar-refractivity contribution in [1.29, 1.82) is 0 Å². The van der Waals surface area contributed by atoms with Crippen LogP contribution < -0.4 is 5.32 Å². The maximum atomic E-state index is 4.39. The molecule has 4 nitrogen and oxygen atoms in total. The second-order valence-corrected chi connectivity index (χ2v) is 6.80. The third-order valence-corrected chi connectivity index (χ3v) is 4.92. The van der Waals surface area contributed by atoms with Gasteiger partial charge in [0.2, 0.25) is 0 Å². The van der Waals surface area contributed by atoms with Gasteiger partial charge in [-0.25, -0.2) is 4.98 Å². The molecule has 1 aliphatic rings. The summed E-state index contributed by atoms with van der Waals surface area (Å²) in [5.74, 6) is 0.893. The Labute approximate surface area is 150 Å². The molecule has 3 rings (SSSR count). The first-order valence-corrected chi connectivity index (χ1v) is 9.13. The third-order valence-electron chi connectivity index (χ3n) is 4.92. The summed E-state index contributed by atoms with van der Waals surface area (Å²) in [4.78, 5) is 11.3. The van der Waals surface area contributed by atoms with E-state index in [0.717, 1.165) is 17.7 Å². The molecule has 1 saturated heterocycles. The van der Waals surface area contributed by atoms with E-state index < -0.39 is 0 Å². The molecule has 0 unspecified atom stereocenters. The zero-order valence-corrected chi connectivity index (χ0v) is 15.5. The van der Waals surface area contributed by atoms with Crippen molar-refractivity contribution in [2.45, 2.75) is 26.2 Å². The van der Waals surface area contributed by atoms with Crippen LogP contribution in [0.3, 0.4) is 0 Å². The lowest BCUT2D eigenvalue weighted by atomic mass is 9.98. The second-order valence-electron chi connectivity index (χ2n) is 6.80. The number of hydrogen-bond donors (Lipinski definition) is 1. The number of benzene rings is 1. The smallest absolute Gasteiger partial charge is 0.126 e. The molecule has 1 aliphatic heterocycles. The molecule has 25 heavy (non-hydrogen) atoms. The number of pyridine rings is 1. The minimum Gasteiger partial charge on any atom is -0.373 e. The van der Waals surface area contributed by atoms with Gasteiger partial charge in [-0.05, 0) is 67.1 Å². The molecule has 132 valence electrons. The number of allylic oxidation sites excluding steroid dienone is 1. The van der Waals surface area contributed by atoms with E-state index in [1.807, 2.05) is 26.5 Å². The normalized spacial score (nSPS) is 17.1. The molecule has 0 amide bonds. The molecule has 4 heteroatoms. The number of aliphatic imine (C=N–C) groups is 1. The van der Waals surface area contributed by atoms with E-state index in [4.69, 9.17) is 0 Å². The number of hydrogen-bond acceptors (Lipinski definition) is 4. The molecule has 2 heterocycles. The lowest BCUT2D eigenvalue weighted by Crippen LogP contribution is -2.31. The van der Waals surface area contributed by atoms with Gasteiger partial charge < -0.3 is 5.32 Å². The van der Waals surface area contributed by atoms with Gasteiger partial charge in [0.1, 0.15) is 5.82 Å². The summed E-state index contributed by atoms with van der Waals surface area (Å²) in [5.41, 5.74) is 3.84. The van der Waals surface area contributed by atoms with Gasteiger partial charge in [-0.1, -0.05) is 18.6 Å². The highest BCUT2D eigenvalue weighted by Crippen LogP contribution is 2.25. The maximum absolute atomic E-state index is 4.39. The standard InChI is InChI=1S/C21H28N4/c1-16(15-25-9-5-4-6-10-25)20(14-22-2)17-7-8-18-13-24-21(23-3)12-19(18)11-17/h7-8,11-14H,4-6,9-10,15H2,1-3H3,(H,23,24)/b20-16-,22-14-. The summed E-state index contributed by atoms with van der Waals surface area (Å²) >= 11 is 0. The Morgan fingerprint density at radius 1 is 1.20 bits per heavy atom. The van der Waals surface area contributed by atoms with E-state index >= 15 is 0 Å². The Morgan fingerprint density at radius 3 is 2.72 bits per heavy atom. The van der Waals surface area contributed by atoms with Crippen molar-refractivity contribution < 1.29 is 0 Å². The topological polar surface area (TPSA) is 40.5 Å². The van der Waals surface area contributed by atoms with Gasteiger partial charge in [0.25, 0.3) is 0 Å². The Kier molecular flexibility index (Phi) is 5.82. The van der Waals surface area contributed by atoms with Crippen LogP contribution in [0.2, 0.25) is 0 Å². The molecule has 0 aliphatic carbocycles. The number of likely N-dealkylation sites (tertiary alicyclic amines) is 1. The van der Waals surface area contributed by atoms with Gasteiger partial charge in [0.05, 0.1) is 0 Å². The Balaban J connectivity index is 1.95. The Hall–Kier alpha value is -2.20. The van der Waals surface area contributed by atoms with Crippen molar-refractivity contribution in [2.24, 2.45) is 4.99 Å². The summed E-state index contributed by atoms with van der Waals surface area (Å²) in [6, 6.07) is 8.67. The van der Waals surface area contributed by atoms with Crippen molar-refractivity contribution >= 4 is 28.4 Å². The minimum absolute atomic E-state index is 0.893. The zero-order valence-electron chi connectivity index (χ0n) is 15.5. The highest BCUT2D eigenvalue weighted by molar-refractivity contribution is 6.12. The Morgan fingerprint density at radius 2 is 2.00 bits per heavy atom. The van der Waals surface area contributed by atoms with Crippen LogP contribution in [0.1, 0.15) is 31.7 Å². The van der Waals surface area contributed by atoms with Crippen LogP contribution in [-0.4, -0.2) is 49.8 Å². The lowest BCUT2D eigenvalue weighted by Gasteiger charge is -2.27. The van der Waals surface area contributed by atoms with E-state index in [1.165, 1.54) is 54.4 Å². The van der Waals surface area contributed by atoms with Crippen molar-refractivity contribution in [2.75, 3.05) is 39.0 Å². The van der Waals surface area contributed by atoms with Crippen LogP contribution in [0.4, 0.5) is 5.82 Å². The molecule has 2 aromatic rings. The fourth-order valence-electron chi connectivity index (χ4n) is 3.54. The summed E-state index contributed by atoms with van der Waals surface area (Å²) < 4.78 is 0. The quantitative estimate of drug-likeness (QED) is 0.830. The van der Waals surface area contributed by atoms with Crippen LogP contribution in [0.5, 0.6) is 0 Å². The highest BCUT2D eigenvalue weighted by Gasteiger charge is 2.13. The molecular weight excluding hydrogens is 308 g/mol. The molecule has 1 aromatic carbocycles. The highest BCUT2D eigenvalue weighted by atomic mass is 15.1. The number of nitrogens with zero attached hydrogens (tertiary/aromatic N) is 3. The van der Waals surface area contributed by atoms with Crippen molar-refractivity contribution in [1.82, 2.24) is 9.88 Å². The van der Waals surface area contributed by atoms with Crippen LogP contribution in [-0.2, 0) is 0 Å². The molecule has 0 atom stereocenters. The van der Waals surface area contributed by atoms with Crippen LogP contribution >= 0.6 is 0 Å². The van der Waals surface area contributed by atoms with Crippen molar-refractivity contribution in [3.05, 3.63) is 41.6 Å². The fraction of sp³-hybridized carbons (Fsp3) is 0.429. The SMILES string of the molecule is C/N=C\C(=C(/C)CN1CCCCC1)c1ccc2cnc(NC)cc2c1. The summed E-state index contributed by atoms with van der Waals surface area (Å²) in [6.45, 7) is 5.69. The number of nitrogens with one attached hydrogen (secondary N) is 1. The van der Waals surface area contributed by atoms with Gasteiger partial charge in [0, 0.05) is 38.4 Å². The molecule has 0 saturated carbocycles. The van der Waals surface area contributed by atoms with Gasteiger partial charge >= 0.3 is 0 Å². The predicted octanol–water partition coefficient (Wildman–Crippen LogP) is 4.24. The first kappa shape index (κ1) is 17.6. The predicted molar refractivity (Wildman–Crippen MR) is 109 cm³/mol. The largest absolute Gasteiger partial charge is 0.373 e. The number of fused-ring (bicyclic) bond motifs is 1. The molecule has 0 spiro atoms. The minimum atomic E-state index is 0.893. The molecular formula is C21H28N4. The van der Waals surface area contributed by atoms with E-state index in [-0.39, 0.29) is 0 Å². The van der Waals surface area contributed by atoms with E-state index in [2.05, 4.69) is 51.4 Å². The van der Waals surface area contributed by atoms with Gasteiger partial charge in [0.15, 0.2) is 0 Å². The summed E-state index contributed by atoms with van der Waals surface area (Å²) in [5, 5.41) is 5.47. The van der Waals surface area contributed by atoms with Crippen molar-refractivity contribution in [3.63, 3.8) is 0 Å². The van der Waals surface area contributed by atoms with Gasteiger partial charge in [-0.15, -0.1) is 0 Å². The monoisotopic (exact) mass is 336 g/mol. The van der Waals surface area contributed by atoms with E-state index in [0.29, 0.717) is 0 Å². The fourth-order valence-corrected chi connectivity index (χ4v) is 3.54. The average molecular weight is 336 g/mol. The molecule has 0 bridgehead atoms. The first-order chi connectivity index (χ1) is 12.2. The zero-order chi connectivity index (χ0) is 17.6. The maximum Gasteiger partial charge on any atom is 0.126 e. The molecule has 1 N–H and O–H groups in total. The van der Waals surface area contributed by atoms with Crippen LogP contribution in [0, 0.1) is 0 Å².